The predicted octanol–water partition coefficient (Wildman–Crippen LogP) is 0.886. The first kappa shape index (κ1) is 8.68. The molecule has 0 amide bonds. The maximum absolute atomic E-state index is 4.96. The van der Waals surface area contributed by atoms with Crippen LogP contribution in [-0.2, 0) is 7.05 Å². The van der Waals surface area contributed by atoms with Crippen LogP contribution in [-0.4, -0.2) is 27.1 Å². The van der Waals surface area contributed by atoms with Crippen LogP contribution >= 0.6 is 0 Å². The Hall–Kier alpha value is -1.91. The lowest BCUT2D eigenvalue weighted by atomic mass is 10.2. The van der Waals surface area contributed by atoms with Crippen molar-refractivity contribution in [2.45, 2.75) is 0 Å². The summed E-state index contributed by atoms with van der Waals surface area (Å²) in [7, 11) is 3.41. The zero-order valence-corrected chi connectivity index (χ0v) is 8.01. The zero-order chi connectivity index (χ0) is 9.97. The molecule has 0 spiro atoms. The Morgan fingerprint density at radius 2 is 2.21 bits per heavy atom. The van der Waals surface area contributed by atoms with E-state index >= 15 is 0 Å². The van der Waals surface area contributed by atoms with Gasteiger partial charge in [0.15, 0.2) is 0 Å². The molecule has 2 aromatic heterocycles. The molecule has 0 saturated heterocycles. The van der Waals surface area contributed by atoms with E-state index in [-0.39, 0.29) is 0 Å². The first-order valence-electron chi connectivity index (χ1n) is 4.16. The molecule has 2 rings (SSSR count). The molecule has 0 radical (unpaired) electrons. The van der Waals surface area contributed by atoms with Gasteiger partial charge in [-0.1, -0.05) is 5.21 Å². The van der Waals surface area contributed by atoms with Crippen molar-refractivity contribution in [3.05, 3.63) is 24.5 Å². The van der Waals surface area contributed by atoms with Crippen LogP contribution < -0.4 is 4.74 Å². The lowest BCUT2D eigenvalue weighted by Crippen LogP contribution is -1.87. The Kier molecular flexibility index (Phi) is 2.14. The van der Waals surface area contributed by atoms with Gasteiger partial charge in [0.1, 0.15) is 5.69 Å². The number of aromatic nitrogens is 4. The second kappa shape index (κ2) is 3.45. The molecule has 2 heterocycles. The van der Waals surface area contributed by atoms with E-state index in [9.17, 15) is 0 Å². The molecule has 0 N–H and O–H groups in total. The van der Waals surface area contributed by atoms with Crippen molar-refractivity contribution in [1.82, 2.24) is 20.0 Å². The Morgan fingerprint density at radius 3 is 2.71 bits per heavy atom. The van der Waals surface area contributed by atoms with Gasteiger partial charge in [-0.15, -0.1) is 5.10 Å². The first-order chi connectivity index (χ1) is 6.79. The molecule has 0 fully saturated rings. The molecule has 0 aliphatic rings. The third kappa shape index (κ3) is 1.56. The van der Waals surface area contributed by atoms with Crippen molar-refractivity contribution >= 4 is 0 Å². The fourth-order valence-electron chi connectivity index (χ4n) is 1.13. The molecule has 0 aliphatic carbocycles. The zero-order valence-electron chi connectivity index (χ0n) is 8.01. The van der Waals surface area contributed by atoms with Crippen molar-refractivity contribution in [1.29, 1.82) is 0 Å². The van der Waals surface area contributed by atoms with E-state index in [1.165, 1.54) is 0 Å². The minimum atomic E-state index is 0.595. The fraction of sp³-hybridized carbons (Fsp3) is 0.222. The lowest BCUT2D eigenvalue weighted by molar-refractivity contribution is 0.398. The van der Waals surface area contributed by atoms with E-state index in [4.69, 9.17) is 4.74 Å². The number of aryl methyl sites for hydroxylation is 1. The molecule has 0 atom stereocenters. The van der Waals surface area contributed by atoms with Gasteiger partial charge in [-0.05, 0) is 6.07 Å². The summed E-state index contributed by atoms with van der Waals surface area (Å²) in [5.74, 6) is 0.595. The van der Waals surface area contributed by atoms with Gasteiger partial charge in [0.05, 0.1) is 13.3 Å². The fourth-order valence-corrected chi connectivity index (χ4v) is 1.13. The molecule has 0 aromatic carbocycles. The normalized spacial score (nSPS) is 10.1. The second-order valence-corrected chi connectivity index (χ2v) is 2.87. The van der Waals surface area contributed by atoms with E-state index in [1.807, 2.05) is 19.3 Å². The Labute approximate surface area is 81.3 Å². The molecule has 0 aliphatic heterocycles. The minimum Gasteiger partial charge on any atom is -0.481 e. The molecule has 0 unspecified atom stereocenters. The third-order valence-corrected chi connectivity index (χ3v) is 1.84. The van der Waals surface area contributed by atoms with Crippen LogP contribution in [0.4, 0.5) is 0 Å². The van der Waals surface area contributed by atoms with Crippen LogP contribution in [0.15, 0.2) is 24.5 Å². The van der Waals surface area contributed by atoms with E-state index in [0.29, 0.717) is 5.88 Å². The lowest BCUT2D eigenvalue weighted by Gasteiger charge is -1.98. The largest absolute Gasteiger partial charge is 0.481 e. The van der Waals surface area contributed by atoms with Crippen LogP contribution in [0, 0.1) is 0 Å². The highest BCUT2D eigenvalue weighted by Gasteiger charge is 2.02. The van der Waals surface area contributed by atoms with E-state index in [2.05, 4.69) is 15.3 Å². The number of nitrogens with zero attached hydrogens (tertiary/aromatic N) is 4. The second-order valence-electron chi connectivity index (χ2n) is 2.87. The van der Waals surface area contributed by atoms with Crippen molar-refractivity contribution in [2.75, 3.05) is 7.11 Å². The van der Waals surface area contributed by atoms with Crippen LogP contribution in [0.5, 0.6) is 5.88 Å². The highest BCUT2D eigenvalue weighted by Crippen LogP contribution is 2.16. The van der Waals surface area contributed by atoms with Gasteiger partial charge in [-0.2, -0.15) is 0 Å². The number of hydrogen-bond donors (Lipinski definition) is 0. The van der Waals surface area contributed by atoms with Crippen LogP contribution in [0.1, 0.15) is 0 Å². The summed E-state index contributed by atoms with van der Waals surface area (Å²) in [6, 6.07) is 3.69. The summed E-state index contributed by atoms with van der Waals surface area (Å²) in [6.07, 6.45) is 3.55. The molecule has 72 valence electrons. The monoisotopic (exact) mass is 190 g/mol. The summed E-state index contributed by atoms with van der Waals surface area (Å²) >= 11 is 0. The van der Waals surface area contributed by atoms with Crippen molar-refractivity contribution in [3.8, 4) is 17.1 Å². The predicted molar refractivity (Wildman–Crippen MR) is 50.8 cm³/mol. The van der Waals surface area contributed by atoms with Gasteiger partial charge in [0.25, 0.3) is 0 Å². The van der Waals surface area contributed by atoms with Crippen molar-refractivity contribution in [2.24, 2.45) is 7.05 Å². The quantitative estimate of drug-likeness (QED) is 0.705. The summed E-state index contributed by atoms with van der Waals surface area (Å²) in [5.41, 5.74) is 1.74. The van der Waals surface area contributed by atoms with Crippen molar-refractivity contribution in [3.63, 3.8) is 0 Å². The average Bonchev–Trinajstić information content (AvgIpc) is 2.65. The third-order valence-electron chi connectivity index (χ3n) is 1.84. The molecule has 14 heavy (non-hydrogen) atoms. The SMILES string of the molecule is COc1ccc(-c2cn(C)nn2)cn1. The number of rotatable bonds is 2. The summed E-state index contributed by atoms with van der Waals surface area (Å²) in [4.78, 5) is 4.08. The van der Waals surface area contributed by atoms with Gasteiger partial charge in [0, 0.05) is 24.9 Å². The van der Waals surface area contributed by atoms with Crippen molar-refractivity contribution < 1.29 is 4.74 Å². The van der Waals surface area contributed by atoms with Crippen LogP contribution in [0.3, 0.4) is 0 Å². The Morgan fingerprint density at radius 1 is 1.36 bits per heavy atom. The van der Waals surface area contributed by atoms with E-state index < -0.39 is 0 Å². The maximum Gasteiger partial charge on any atom is 0.212 e. The number of methoxy groups -OCH3 is 1. The average molecular weight is 190 g/mol. The van der Waals surface area contributed by atoms with E-state index in [1.54, 1.807) is 24.1 Å². The summed E-state index contributed by atoms with van der Waals surface area (Å²) in [5, 5.41) is 7.82. The van der Waals surface area contributed by atoms with E-state index in [0.717, 1.165) is 11.3 Å². The van der Waals surface area contributed by atoms with Crippen LogP contribution in [0.25, 0.3) is 11.3 Å². The molecule has 0 bridgehead atoms. The molecule has 5 nitrogen and oxygen atoms in total. The van der Waals surface area contributed by atoms with Gasteiger partial charge in [-0.25, -0.2) is 4.98 Å². The molecular formula is C9H10N4O. The highest BCUT2D eigenvalue weighted by atomic mass is 16.5. The summed E-state index contributed by atoms with van der Waals surface area (Å²) in [6.45, 7) is 0. The number of ether oxygens (including phenoxy) is 1. The molecular weight excluding hydrogens is 180 g/mol. The topological polar surface area (TPSA) is 52.8 Å². The summed E-state index contributed by atoms with van der Waals surface area (Å²) < 4.78 is 6.61. The smallest absolute Gasteiger partial charge is 0.212 e. The standard InChI is InChI=1S/C9H10N4O/c1-13-6-8(11-12-13)7-3-4-9(14-2)10-5-7/h3-6H,1-2H3. The maximum atomic E-state index is 4.96. The van der Waals surface area contributed by atoms with Gasteiger partial charge >= 0.3 is 0 Å². The van der Waals surface area contributed by atoms with Gasteiger partial charge < -0.3 is 4.74 Å². The van der Waals surface area contributed by atoms with Gasteiger partial charge in [-0.3, -0.25) is 4.68 Å². The molecule has 5 heteroatoms. The number of pyridine rings is 1. The molecule has 2 aromatic rings. The number of hydrogen-bond acceptors (Lipinski definition) is 4. The Balaban J connectivity index is 2.33. The van der Waals surface area contributed by atoms with Crippen LogP contribution in [0.2, 0.25) is 0 Å². The molecule has 0 saturated carbocycles. The highest BCUT2D eigenvalue weighted by molar-refractivity contribution is 5.56. The van der Waals surface area contributed by atoms with Gasteiger partial charge in [0.2, 0.25) is 5.88 Å². The first-order valence-corrected chi connectivity index (χ1v) is 4.16. The Bertz CT molecular complexity index is 421. The minimum absolute atomic E-state index is 0.595.